The second-order valence-corrected chi connectivity index (χ2v) is 12.8. The third kappa shape index (κ3) is 4.94. The molecule has 0 amide bonds. The van der Waals surface area contributed by atoms with E-state index in [9.17, 15) is 0 Å². The molecule has 0 aromatic rings. The standard InChI is InChI=1S/C3H4IPS/c1-3-5(2,4)6/h1H,2H3. The van der Waals surface area contributed by atoms with E-state index in [1.54, 1.807) is 0 Å². The molecule has 1 unspecified atom stereocenters. The van der Waals surface area contributed by atoms with Gasteiger partial charge in [0.2, 0.25) is 0 Å². The number of halogens is 1. The van der Waals surface area contributed by atoms with E-state index in [1.807, 2.05) is 6.66 Å². The van der Waals surface area contributed by atoms with Gasteiger partial charge in [0, 0.05) is 0 Å². The molecule has 0 saturated carbocycles. The van der Waals surface area contributed by atoms with Crippen molar-refractivity contribution in [2.24, 2.45) is 0 Å². The van der Waals surface area contributed by atoms with Gasteiger partial charge >= 0.3 is 0 Å². The Kier molecular flexibility index (Phi) is 2.66. The molecule has 0 aliphatic carbocycles. The average Bonchev–Trinajstić information content (AvgIpc) is 1.35. The fraction of sp³-hybridized carbons (Fsp3) is 0.333. The maximum absolute atomic E-state index is 4.99. The van der Waals surface area contributed by atoms with Gasteiger partial charge < -0.3 is 0 Å². The first-order chi connectivity index (χ1) is 2.56. The summed E-state index contributed by atoms with van der Waals surface area (Å²) < 4.78 is -1.32. The molecular formula is C3H4IPS. The molecule has 0 N–H and O–H groups in total. The topological polar surface area (TPSA) is 0 Å². The summed E-state index contributed by atoms with van der Waals surface area (Å²) in [5.74, 6) is 0. The molecule has 1 atom stereocenters. The van der Waals surface area contributed by atoms with Gasteiger partial charge in [-0.05, 0) is 28.7 Å². The van der Waals surface area contributed by atoms with Gasteiger partial charge in [-0.25, -0.2) is 0 Å². The maximum atomic E-state index is 4.99. The number of hydrogen-bond acceptors (Lipinski definition) is 1. The van der Waals surface area contributed by atoms with Crippen LogP contribution in [-0.4, -0.2) is 6.66 Å². The smallest absolute Gasteiger partial charge is 0.0759 e. The molecular weight excluding hydrogens is 226 g/mol. The van der Waals surface area contributed by atoms with Crippen molar-refractivity contribution in [3.63, 3.8) is 0 Å². The van der Waals surface area contributed by atoms with Crippen LogP contribution in [0.3, 0.4) is 0 Å². The molecule has 0 heterocycles. The van der Waals surface area contributed by atoms with Crippen molar-refractivity contribution in [3.8, 4) is 12.1 Å². The highest BCUT2D eigenvalue weighted by atomic mass is 127. The Morgan fingerprint density at radius 2 is 2.17 bits per heavy atom. The number of hydrogen-bond donors (Lipinski definition) is 0. The Hall–Kier alpha value is 0.940. The van der Waals surface area contributed by atoms with Crippen LogP contribution in [0.2, 0.25) is 0 Å². The zero-order valence-corrected chi connectivity index (χ0v) is 7.18. The van der Waals surface area contributed by atoms with Crippen molar-refractivity contribution in [1.29, 1.82) is 0 Å². The Morgan fingerprint density at radius 3 is 2.17 bits per heavy atom. The summed E-state index contributed by atoms with van der Waals surface area (Å²) >= 11 is 6.98. The monoisotopic (exact) mass is 230 g/mol. The average molecular weight is 230 g/mol. The van der Waals surface area contributed by atoms with Crippen LogP contribution in [-0.2, 0) is 11.8 Å². The first-order valence-electron chi connectivity index (χ1n) is 1.31. The van der Waals surface area contributed by atoms with Crippen molar-refractivity contribution in [3.05, 3.63) is 0 Å². The van der Waals surface area contributed by atoms with E-state index in [2.05, 4.69) is 27.7 Å². The fourth-order valence-corrected chi connectivity index (χ4v) is 0. The van der Waals surface area contributed by atoms with Gasteiger partial charge in [-0.2, -0.15) is 0 Å². The van der Waals surface area contributed by atoms with Gasteiger partial charge in [-0.1, -0.05) is 17.5 Å². The normalized spacial score (nSPS) is 18.2. The second kappa shape index (κ2) is 2.30. The summed E-state index contributed by atoms with van der Waals surface area (Å²) in [5.41, 5.74) is 2.52. The summed E-state index contributed by atoms with van der Waals surface area (Å²) in [6.45, 7) is 1.92. The van der Waals surface area contributed by atoms with Crippen LogP contribution in [0.25, 0.3) is 0 Å². The maximum Gasteiger partial charge on any atom is 0.0759 e. The number of terminal acetylenes is 1. The molecule has 0 aliphatic rings. The Bertz CT molecular complexity index is 117. The summed E-state index contributed by atoms with van der Waals surface area (Å²) in [5, 5.41) is 0. The van der Waals surface area contributed by atoms with E-state index in [4.69, 9.17) is 18.2 Å². The van der Waals surface area contributed by atoms with Gasteiger partial charge in [0.05, 0.1) is 3.68 Å². The molecule has 0 radical (unpaired) electrons. The highest BCUT2D eigenvalue weighted by molar-refractivity contribution is 14.2. The lowest BCUT2D eigenvalue weighted by Crippen LogP contribution is -1.48. The highest BCUT2D eigenvalue weighted by Gasteiger charge is 1.92. The van der Waals surface area contributed by atoms with Crippen LogP contribution in [0.1, 0.15) is 0 Å². The SMILES string of the molecule is C#CP(C)(=S)I. The van der Waals surface area contributed by atoms with Crippen LogP contribution in [0.4, 0.5) is 0 Å². The molecule has 0 aromatic carbocycles. The zero-order valence-electron chi connectivity index (χ0n) is 3.31. The quantitative estimate of drug-likeness (QED) is 0.348. The molecule has 0 aromatic heterocycles. The van der Waals surface area contributed by atoms with Crippen LogP contribution in [0, 0.1) is 12.1 Å². The van der Waals surface area contributed by atoms with E-state index < -0.39 is 3.68 Å². The summed E-state index contributed by atoms with van der Waals surface area (Å²) in [6.07, 6.45) is 4.99. The molecule has 0 rings (SSSR count). The van der Waals surface area contributed by atoms with Gasteiger partial charge in [0.15, 0.2) is 0 Å². The zero-order chi connectivity index (χ0) is 5.21. The van der Waals surface area contributed by atoms with Crippen LogP contribution in [0.5, 0.6) is 0 Å². The van der Waals surface area contributed by atoms with Crippen molar-refractivity contribution in [1.82, 2.24) is 0 Å². The first kappa shape index (κ1) is 6.94. The first-order valence-corrected chi connectivity index (χ1v) is 7.35. The molecule has 0 saturated heterocycles. The van der Waals surface area contributed by atoms with Gasteiger partial charge in [0.1, 0.15) is 0 Å². The van der Waals surface area contributed by atoms with Crippen molar-refractivity contribution < 1.29 is 0 Å². The minimum absolute atomic E-state index is 1.32. The van der Waals surface area contributed by atoms with E-state index in [-0.39, 0.29) is 0 Å². The molecule has 6 heavy (non-hydrogen) atoms. The molecule has 0 bridgehead atoms. The third-order valence-corrected chi connectivity index (χ3v) is 1.84. The van der Waals surface area contributed by atoms with Crippen molar-refractivity contribution in [2.45, 2.75) is 0 Å². The highest BCUT2D eigenvalue weighted by Crippen LogP contribution is 2.49. The molecule has 0 aliphatic heterocycles. The lowest BCUT2D eigenvalue weighted by molar-refractivity contribution is 2.46. The van der Waals surface area contributed by atoms with E-state index in [0.29, 0.717) is 0 Å². The summed E-state index contributed by atoms with van der Waals surface area (Å²) in [7, 11) is 0. The molecule has 3 heteroatoms. The molecule has 0 nitrogen and oxygen atoms in total. The largest absolute Gasteiger partial charge is 0.114 e. The predicted molar refractivity (Wildman–Crippen MR) is 43.1 cm³/mol. The Balaban J connectivity index is 3.94. The van der Waals surface area contributed by atoms with Crippen LogP contribution >= 0.6 is 25.7 Å². The summed E-state index contributed by atoms with van der Waals surface area (Å²) in [4.78, 5) is 0. The van der Waals surface area contributed by atoms with E-state index in [1.165, 1.54) is 0 Å². The minimum atomic E-state index is -1.32. The Morgan fingerprint density at radius 1 is 2.00 bits per heavy atom. The fourth-order valence-electron chi connectivity index (χ4n) is 0. The van der Waals surface area contributed by atoms with Gasteiger partial charge in [-0.3, -0.25) is 0 Å². The van der Waals surface area contributed by atoms with Gasteiger partial charge in [-0.15, -0.1) is 6.42 Å². The van der Waals surface area contributed by atoms with Gasteiger partial charge in [0.25, 0.3) is 0 Å². The predicted octanol–water partition coefficient (Wildman–Crippen LogP) is 2.04. The lowest BCUT2D eigenvalue weighted by Gasteiger charge is -1.88. The van der Waals surface area contributed by atoms with Crippen LogP contribution in [0.15, 0.2) is 0 Å². The van der Waals surface area contributed by atoms with Crippen LogP contribution < -0.4 is 0 Å². The van der Waals surface area contributed by atoms with E-state index in [0.717, 1.165) is 0 Å². The molecule has 0 fully saturated rings. The summed E-state index contributed by atoms with van der Waals surface area (Å²) in [6, 6.07) is 0. The van der Waals surface area contributed by atoms with E-state index >= 15 is 0 Å². The Labute approximate surface area is 56.2 Å². The lowest BCUT2D eigenvalue weighted by atomic mass is 11.4. The number of rotatable bonds is 0. The molecule has 0 spiro atoms. The second-order valence-electron chi connectivity index (χ2n) is 0.949. The van der Waals surface area contributed by atoms with Crippen molar-refractivity contribution in [2.75, 3.05) is 6.66 Å². The molecule has 34 valence electrons. The minimum Gasteiger partial charge on any atom is -0.114 e. The van der Waals surface area contributed by atoms with Crippen molar-refractivity contribution >= 4 is 37.5 Å². The third-order valence-electron chi connectivity index (χ3n) is 0.231.